The number of hydrogen-bond donors (Lipinski definition) is 0. The summed E-state index contributed by atoms with van der Waals surface area (Å²) in [5, 5.41) is 0. The highest BCUT2D eigenvalue weighted by Crippen LogP contribution is 2.04. The van der Waals surface area contributed by atoms with E-state index in [1.807, 2.05) is 6.08 Å². The zero-order valence-electron chi connectivity index (χ0n) is 11.7. The highest BCUT2D eigenvalue weighted by Gasteiger charge is 1.84. The van der Waals surface area contributed by atoms with Gasteiger partial charge in [-0.15, -0.1) is 6.58 Å². The third-order valence-corrected chi connectivity index (χ3v) is 2.86. The average Bonchev–Trinajstić information content (AvgIpc) is 2.35. The third-order valence-electron chi connectivity index (χ3n) is 2.86. The molecule has 0 spiro atoms. The fourth-order valence-corrected chi connectivity index (χ4v) is 1.75. The van der Waals surface area contributed by atoms with Gasteiger partial charge in [-0.1, -0.05) is 56.6 Å². The number of hydrogen-bond acceptors (Lipinski definition) is 0. The summed E-state index contributed by atoms with van der Waals surface area (Å²) in [5.41, 5.74) is 0. The second kappa shape index (κ2) is 15.2. The minimum atomic E-state index is 1.11. The van der Waals surface area contributed by atoms with Gasteiger partial charge in [0.2, 0.25) is 0 Å². The van der Waals surface area contributed by atoms with Crippen molar-refractivity contribution < 1.29 is 0 Å². The van der Waals surface area contributed by atoms with Crippen molar-refractivity contribution in [1.29, 1.82) is 0 Å². The van der Waals surface area contributed by atoms with Crippen molar-refractivity contribution in [2.75, 3.05) is 0 Å². The molecule has 0 aliphatic heterocycles. The molecule has 0 atom stereocenters. The first kappa shape index (κ1) is 16.2. The zero-order chi connectivity index (χ0) is 12.6. The topological polar surface area (TPSA) is 0 Å². The van der Waals surface area contributed by atoms with Gasteiger partial charge in [-0.3, -0.25) is 0 Å². The van der Waals surface area contributed by atoms with E-state index in [0.717, 1.165) is 6.42 Å². The largest absolute Gasteiger partial charge is 0.103 e. The van der Waals surface area contributed by atoms with Crippen LogP contribution in [0.3, 0.4) is 0 Å². The van der Waals surface area contributed by atoms with E-state index in [4.69, 9.17) is 0 Å². The summed E-state index contributed by atoms with van der Waals surface area (Å²) in [6.45, 7) is 5.98. The van der Waals surface area contributed by atoms with Crippen LogP contribution in [-0.4, -0.2) is 0 Å². The van der Waals surface area contributed by atoms with Crippen LogP contribution in [0.2, 0.25) is 0 Å². The van der Waals surface area contributed by atoms with Gasteiger partial charge in [-0.05, 0) is 44.9 Å². The molecule has 0 amide bonds. The van der Waals surface area contributed by atoms with Gasteiger partial charge in [-0.25, -0.2) is 0 Å². The van der Waals surface area contributed by atoms with Crippen LogP contribution in [-0.2, 0) is 0 Å². The molecule has 0 fully saturated rings. The van der Waals surface area contributed by atoms with E-state index in [1.54, 1.807) is 0 Å². The molecule has 0 rings (SSSR count). The smallest absolute Gasteiger partial charge is 0.0169 e. The minimum absolute atomic E-state index is 1.11. The maximum Gasteiger partial charge on any atom is -0.0169 e. The zero-order valence-corrected chi connectivity index (χ0v) is 11.7. The molecule has 0 heterocycles. The SMILES string of the molecule is C=CCCCCC/C=C/C/C=C/CCCCC. The van der Waals surface area contributed by atoms with Crippen LogP contribution in [0.25, 0.3) is 0 Å². The van der Waals surface area contributed by atoms with Crippen molar-refractivity contribution >= 4 is 0 Å². The highest BCUT2D eigenvalue weighted by atomic mass is 13.9. The van der Waals surface area contributed by atoms with E-state index in [0.29, 0.717) is 0 Å². The minimum Gasteiger partial charge on any atom is -0.103 e. The van der Waals surface area contributed by atoms with Gasteiger partial charge in [0.25, 0.3) is 0 Å². The molecular weight excluding hydrogens is 204 g/mol. The normalized spacial score (nSPS) is 11.6. The van der Waals surface area contributed by atoms with Gasteiger partial charge < -0.3 is 0 Å². The van der Waals surface area contributed by atoms with Crippen LogP contribution < -0.4 is 0 Å². The van der Waals surface area contributed by atoms with Crippen molar-refractivity contribution in [3.63, 3.8) is 0 Å². The van der Waals surface area contributed by atoms with Crippen LogP contribution in [0, 0.1) is 0 Å². The lowest BCUT2D eigenvalue weighted by atomic mass is 10.1. The first-order valence-corrected chi connectivity index (χ1v) is 7.32. The predicted molar refractivity (Wildman–Crippen MR) is 80.3 cm³/mol. The maximum atomic E-state index is 3.73. The summed E-state index contributed by atoms with van der Waals surface area (Å²) >= 11 is 0. The monoisotopic (exact) mass is 234 g/mol. The molecular formula is C17H30. The van der Waals surface area contributed by atoms with Gasteiger partial charge >= 0.3 is 0 Å². The average molecular weight is 234 g/mol. The van der Waals surface area contributed by atoms with Crippen molar-refractivity contribution in [3.05, 3.63) is 37.0 Å². The van der Waals surface area contributed by atoms with Crippen LogP contribution >= 0.6 is 0 Å². The van der Waals surface area contributed by atoms with Crippen LogP contribution in [0.15, 0.2) is 37.0 Å². The summed E-state index contributed by atoms with van der Waals surface area (Å²) in [6, 6.07) is 0. The predicted octanol–water partition coefficient (Wildman–Crippen LogP) is 6.21. The summed E-state index contributed by atoms with van der Waals surface area (Å²) in [4.78, 5) is 0. The quantitative estimate of drug-likeness (QED) is 0.278. The lowest BCUT2D eigenvalue weighted by Crippen LogP contribution is -1.74. The molecule has 0 aromatic rings. The lowest BCUT2D eigenvalue weighted by molar-refractivity contribution is 0.696. The fraction of sp³-hybridized carbons (Fsp3) is 0.647. The van der Waals surface area contributed by atoms with Gasteiger partial charge in [0.05, 0.1) is 0 Å². The molecule has 0 radical (unpaired) electrons. The van der Waals surface area contributed by atoms with Crippen molar-refractivity contribution in [1.82, 2.24) is 0 Å². The molecule has 0 aliphatic rings. The molecule has 0 N–H and O–H groups in total. The molecule has 0 aliphatic carbocycles. The number of unbranched alkanes of at least 4 members (excludes halogenated alkanes) is 7. The van der Waals surface area contributed by atoms with E-state index < -0.39 is 0 Å². The summed E-state index contributed by atoms with van der Waals surface area (Å²) < 4.78 is 0. The standard InChI is InChI=1S/C17H30/c1-3-5-7-9-11-13-15-17-16-14-12-10-8-6-4-2/h3,12,14-15,17H,1,4-11,13,16H2,2H3/b14-12+,17-15+. The first-order chi connectivity index (χ1) is 8.41. The second-order valence-corrected chi connectivity index (χ2v) is 4.60. The molecule has 0 aromatic carbocycles. The Kier molecular flexibility index (Phi) is 14.5. The maximum absolute atomic E-state index is 3.73. The molecule has 0 aromatic heterocycles. The second-order valence-electron chi connectivity index (χ2n) is 4.60. The van der Waals surface area contributed by atoms with Crippen LogP contribution in [0.1, 0.15) is 71.1 Å². The highest BCUT2D eigenvalue weighted by molar-refractivity contribution is 4.92. The van der Waals surface area contributed by atoms with E-state index in [1.165, 1.54) is 57.8 Å². The van der Waals surface area contributed by atoms with Crippen molar-refractivity contribution in [3.8, 4) is 0 Å². The molecule has 0 unspecified atom stereocenters. The van der Waals surface area contributed by atoms with Crippen LogP contribution in [0.5, 0.6) is 0 Å². The molecule has 0 saturated heterocycles. The Balaban J connectivity index is 3.16. The first-order valence-electron chi connectivity index (χ1n) is 7.32. The Morgan fingerprint density at radius 3 is 1.88 bits per heavy atom. The molecule has 0 saturated carbocycles. The Hall–Kier alpha value is -0.780. The summed E-state index contributed by atoms with van der Waals surface area (Å²) in [6.07, 6.45) is 24.0. The molecule has 17 heavy (non-hydrogen) atoms. The van der Waals surface area contributed by atoms with Crippen molar-refractivity contribution in [2.24, 2.45) is 0 Å². The molecule has 0 nitrogen and oxygen atoms in total. The number of allylic oxidation sites excluding steroid dienone is 5. The summed E-state index contributed by atoms with van der Waals surface area (Å²) in [7, 11) is 0. The Bertz CT molecular complexity index is 198. The van der Waals surface area contributed by atoms with E-state index in [-0.39, 0.29) is 0 Å². The van der Waals surface area contributed by atoms with Gasteiger partial charge in [0, 0.05) is 0 Å². The number of rotatable bonds is 12. The van der Waals surface area contributed by atoms with Gasteiger partial charge in [0.1, 0.15) is 0 Å². The lowest BCUT2D eigenvalue weighted by Gasteiger charge is -1.94. The Morgan fingerprint density at radius 2 is 1.29 bits per heavy atom. The van der Waals surface area contributed by atoms with E-state index >= 15 is 0 Å². The van der Waals surface area contributed by atoms with Gasteiger partial charge in [-0.2, -0.15) is 0 Å². The fourth-order valence-electron chi connectivity index (χ4n) is 1.75. The van der Waals surface area contributed by atoms with E-state index in [9.17, 15) is 0 Å². The Labute approximate surface area is 109 Å². The summed E-state index contributed by atoms with van der Waals surface area (Å²) in [5.74, 6) is 0. The van der Waals surface area contributed by atoms with Crippen molar-refractivity contribution in [2.45, 2.75) is 71.1 Å². The molecule has 0 heteroatoms. The van der Waals surface area contributed by atoms with E-state index in [2.05, 4.69) is 37.8 Å². The van der Waals surface area contributed by atoms with Crippen LogP contribution in [0.4, 0.5) is 0 Å². The van der Waals surface area contributed by atoms with Gasteiger partial charge in [0.15, 0.2) is 0 Å². The molecule has 0 bridgehead atoms. The third kappa shape index (κ3) is 15.2. The molecule has 98 valence electrons. The Morgan fingerprint density at radius 1 is 0.706 bits per heavy atom.